The maximum Gasteiger partial charge on any atom is 0.148 e. The Balaban J connectivity index is 0.00000553. The Kier molecular flexibility index (Phi) is 9.93. The summed E-state index contributed by atoms with van der Waals surface area (Å²) in [5.41, 5.74) is 16.9. The van der Waals surface area contributed by atoms with Crippen LogP contribution in [0.5, 0.6) is 5.75 Å². The van der Waals surface area contributed by atoms with Crippen molar-refractivity contribution in [1.29, 1.82) is 0 Å². The molecule has 0 atom stereocenters. The first-order valence-electron chi connectivity index (χ1n) is 23.6. The number of rotatable bonds is 8. The summed E-state index contributed by atoms with van der Waals surface area (Å²) in [5, 5.41) is 11.5. The van der Waals surface area contributed by atoms with Crippen molar-refractivity contribution in [1.82, 2.24) is 14.5 Å². The van der Waals surface area contributed by atoms with Crippen LogP contribution in [0.15, 0.2) is 194 Å². The number of nitrogens with zero attached hydrogens (tertiary/aromatic N) is 3. The molecular formula is C61H48N3OPt-. The van der Waals surface area contributed by atoms with Crippen molar-refractivity contribution in [2.45, 2.75) is 45.4 Å². The van der Waals surface area contributed by atoms with Crippen LogP contribution in [-0.4, -0.2) is 19.6 Å². The van der Waals surface area contributed by atoms with Crippen LogP contribution < -0.4 is 0 Å². The van der Waals surface area contributed by atoms with Gasteiger partial charge in [-0.3, -0.25) is 9.55 Å². The maximum absolute atomic E-state index is 11.5. The van der Waals surface area contributed by atoms with E-state index in [9.17, 15) is 5.11 Å². The Morgan fingerprint density at radius 1 is 0.606 bits per heavy atom. The molecule has 0 spiro atoms. The number of benzene rings is 8. The van der Waals surface area contributed by atoms with Crippen molar-refractivity contribution < 1.29 is 30.3 Å². The number of phenolic OH excluding ortho intramolecular Hbond substituents is 1. The van der Waals surface area contributed by atoms with Crippen molar-refractivity contribution >= 4 is 11.0 Å². The van der Waals surface area contributed by atoms with E-state index in [0.717, 1.165) is 67.0 Å². The third-order valence-electron chi connectivity index (χ3n) is 13.5. The number of para-hydroxylation sites is 2. The summed E-state index contributed by atoms with van der Waals surface area (Å²) < 4.78 is 27.1. The van der Waals surface area contributed by atoms with Gasteiger partial charge in [-0.05, 0) is 87.6 Å². The predicted octanol–water partition coefficient (Wildman–Crippen LogP) is 15.2. The largest absolute Gasteiger partial charge is 0.507 e. The number of hydrogen-bond donors (Lipinski definition) is 1. The van der Waals surface area contributed by atoms with E-state index in [0.29, 0.717) is 16.9 Å². The molecule has 1 aliphatic carbocycles. The van der Waals surface area contributed by atoms with Crippen LogP contribution in [0.3, 0.4) is 0 Å². The van der Waals surface area contributed by atoms with Crippen LogP contribution in [-0.2, 0) is 31.9 Å². The quantitative estimate of drug-likeness (QED) is 0.154. The number of aromatic hydroxyl groups is 1. The molecule has 4 nitrogen and oxygen atoms in total. The van der Waals surface area contributed by atoms with Gasteiger partial charge in [-0.2, -0.15) is 0 Å². The SMILES string of the molecule is [2H]C([2H])([2H])c1ccc(-n2c(-c3ccccc3O)nc3c(-c4[c-]c(-c5cc(-c6ccc(C(C)(C)c7ccccc7)cc6)ccn5)cc5c4C(C)(C)c4ccccc4-5)cccc32)c(-c2ccccc2)c1.[Pt]. The molecular weight excluding hydrogens is 986 g/mol. The summed E-state index contributed by atoms with van der Waals surface area (Å²) in [6.07, 6.45) is 1.88. The number of fused-ring (bicyclic) bond motifs is 4. The van der Waals surface area contributed by atoms with Gasteiger partial charge >= 0.3 is 0 Å². The first-order chi connectivity index (χ1) is 32.8. The van der Waals surface area contributed by atoms with Crippen molar-refractivity contribution in [3.63, 3.8) is 0 Å². The molecule has 0 bridgehead atoms. The molecule has 324 valence electrons. The van der Waals surface area contributed by atoms with E-state index in [1.54, 1.807) is 24.3 Å². The summed E-state index contributed by atoms with van der Waals surface area (Å²) in [6.45, 7) is 6.77. The Morgan fingerprint density at radius 3 is 2.05 bits per heavy atom. The summed E-state index contributed by atoms with van der Waals surface area (Å²) >= 11 is 0. The molecule has 2 heterocycles. The van der Waals surface area contributed by atoms with Gasteiger partial charge in [-0.25, -0.2) is 4.98 Å². The standard InChI is InChI=1S/C61H48N3O.Pt/c1-39-27-32-54(49(35-39)41-17-8-6-9-18-41)64-55-25-16-23-47(58(55)63-59(64)48-22-13-15-26-56(48)65)51-37-43(36-50-46-21-12-14-24-52(46)61(4,5)57(50)51)53-38-42(33-34-62-53)40-28-30-45(31-29-40)60(2,3)44-19-10-7-11-20-44;/h6-36,38,65H,1-5H3;/q-1;/i1D3;. The Hall–Kier alpha value is -7.13. The fraction of sp³-hybridized carbons (Fsp3) is 0.115. The van der Waals surface area contributed by atoms with Gasteiger partial charge in [0.05, 0.1) is 22.3 Å². The van der Waals surface area contributed by atoms with Crippen molar-refractivity contribution in [3.05, 3.63) is 228 Å². The average molecular weight is 1040 g/mol. The minimum Gasteiger partial charge on any atom is -0.507 e. The van der Waals surface area contributed by atoms with Crippen LogP contribution in [0, 0.1) is 12.9 Å². The first kappa shape index (κ1) is 39.3. The first-order valence-corrected chi connectivity index (χ1v) is 22.1. The molecule has 8 aromatic carbocycles. The van der Waals surface area contributed by atoms with Crippen LogP contribution in [0.1, 0.15) is 59.6 Å². The average Bonchev–Trinajstić information content (AvgIpc) is 3.86. The zero-order valence-corrected chi connectivity index (χ0v) is 39.4. The summed E-state index contributed by atoms with van der Waals surface area (Å²) in [4.78, 5) is 10.5. The fourth-order valence-electron chi connectivity index (χ4n) is 10.0. The van der Waals surface area contributed by atoms with Crippen molar-refractivity contribution in [3.8, 4) is 78.6 Å². The molecule has 5 heteroatoms. The molecule has 66 heavy (non-hydrogen) atoms. The van der Waals surface area contributed by atoms with Gasteiger partial charge in [0.25, 0.3) is 0 Å². The summed E-state index contributed by atoms with van der Waals surface area (Å²) in [7, 11) is 0. The Morgan fingerprint density at radius 2 is 1.29 bits per heavy atom. The normalized spacial score (nSPS) is 13.5. The number of imidazole rings is 1. The molecule has 0 radical (unpaired) electrons. The van der Waals surface area contributed by atoms with Gasteiger partial charge in [0.2, 0.25) is 0 Å². The minimum absolute atomic E-state index is 0. The van der Waals surface area contributed by atoms with E-state index in [1.807, 2.05) is 66.9 Å². The zero-order valence-electron chi connectivity index (χ0n) is 40.1. The van der Waals surface area contributed by atoms with Crippen molar-refractivity contribution in [2.75, 3.05) is 0 Å². The molecule has 0 unspecified atom stereocenters. The van der Waals surface area contributed by atoms with Crippen LogP contribution in [0.4, 0.5) is 0 Å². The number of phenols is 1. The number of hydrogen-bond acceptors (Lipinski definition) is 3. The molecule has 1 aliphatic rings. The molecule has 0 saturated carbocycles. The maximum atomic E-state index is 11.5. The minimum atomic E-state index is -2.32. The van der Waals surface area contributed by atoms with E-state index in [-0.39, 0.29) is 37.8 Å². The van der Waals surface area contributed by atoms with Crippen LogP contribution in [0.25, 0.3) is 83.9 Å². The second kappa shape index (κ2) is 16.7. The van der Waals surface area contributed by atoms with E-state index in [1.165, 1.54) is 22.3 Å². The summed E-state index contributed by atoms with van der Waals surface area (Å²) in [5.74, 6) is 0.602. The third kappa shape index (κ3) is 7.12. The second-order valence-electron chi connectivity index (χ2n) is 18.1. The predicted molar refractivity (Wildman–Crippen MR) is 267 cm³/mol. The Bertz CT molecular complexity index is 3560. The molecule has 0 amide bonds. The number of aryl methyl sites for hydroxylation is 1. The third-order valence-corrected chi connectivity index (χ3v) is 13.5. The monoisotopic (exact) mass is 1040 g/mol. The van der Waals surface area contributed by atoms with Gasteiger partial charge in [0, 0.05) is 48.0 Å². The second-order valence-corrected chi connectivity index (χ2v) is 18.1. The van der Waals surface area contributed by atoms with E-state index in [4.69, 9.17) is 14.1 Å². The van der Waals surface area contributed by atoms with E-state index >= 15 is 0 Å². The van der Waals surface area contributed by atoms with E-state index in [2.05, 4.69) is 141 Å². The van der Waals surface area contributed by atoms with Crippen LogP contribution >= 0.6 is 0 Å². The van der Waals surface area contributed by atoms with Gasteiger partial charge < -0.3 is 5.11 Å². The molecule has 0 aliphatic heterocycles. The van der Waals surface area contributed by atoms with Crippen molar-refractivity contribution in [2.24, 2.45) is 0 Å². The van der Waals surface area contributed by atoms with Gasteiger partial charge in [-0.15, -0.1) is 17.7 Å². The Labute approximate surface area is 405 Å². The molecule has 2 aromatic heterocycles. The molecule has 0 fully saturated rings. The molecule has 10 aromatic rings. The van der Waals surface area contributed by atoms with E-state index < -0.39 is 12.3 Å². The molecule has 0 saturated heterocycles. The number of pyridine rings is 1. The van der Waals surface area contributed by atoms with Gasteiger partial charge in [-0.1, -0.05) is 201 Å². The number of aromatic nitrogens is 3. The summed E-state index contributed by atoms with van der Waals surface area (Å²) in [6, 6.07) is 67.1. The molecule has 1 N–H and O–H groups in total. The van der Waals surface area contributed by atoms with Gasteiger partial charge in [0.1, 0.15) is 11.6 Å². The van der Waals surface area contributed by atoms with Crippen LogP contribution in [0.2, 0.25) is 0 Å². The zero-order chi connectivity index (χ0) is 47.0. The molecule has 11 rings (SSSR count). The van der Waals surface area contributed by atoms with Gasteiger partial charge in [0.15, 0.2) is 0 Å². The smallest absolute Gasteiger partial charge is 0.148 e. The topological polar surface area (TPSA) is 50.9 Å². The fourth-order valence-corrected chi connectivity index (χ4v) is 10.0.